The van der Waals surface area contributed by atoms with Crippen LogP contribution in [0.1, 0.15) is 23.8 Å². The van der Waals surface area contributed by atoms with Gasteiger partial charge in [-0.2, -0.15) is 0 Å². The Kier molecular flexibility index (Phi) is 5.52. The van der Waals surface area contributed by atoms with Gasteiger partial charge in [-0.15, -0.1) is 0 Å². The molecule has 0 bridgehead atoms. The van der Waals surface area contributed by atoms with Crippen molar-refractivity contribution in [1.29, 1.82) is 0 Å². The van der Waals surface area contributed by atoms with Gasteiger partial charge in [-0.25, -0.2) is 17.9 Å². The van der Waals surface area contributed by atoms with Crippen molar-refractivity contribution in [3.8, 4) is 0 Å². The van der Waals surface area contributed by atoms with E-state index in [1.54, 1.807) is 0 Å². The number of carboxylic acid groups (broad SMARTS) is 1. The fourth-order valence-corrected chi connectivity index (χ4v) is 2.72. The van der Waals surface area contributed by atoms with Gasteiger partial charge in [0.2, 0.25) is 10.0 Å². The molecule has 7 nitrogen and oxygen atoms in total. The molecule has 1 aromatic heterocycles. The molecule has 19 heavy (non-hydrogen) atoms. The van der Waals surface area contributed by atoms with E-state index < -0.39 is 16.0 Å². The molecule has 1 heterocycles. The van der Waals surface area contributed by atoms with Crippen molar-refractivity contribution in [3.05, 3.63) is 18.0 Å². The van der Waals surface area contributed by atoms with Crippen molar-refractivity contribution in [2.24, 2.45) is 7.05 Å². The van der Waals surface area contributed by atoms with Gasteiger partial charge >= 0.3 is 5.97 Å². The summed E-state index contributed by atoms with van der Waals surface area (Å²) in [6.45, 7) is 3.86. The van der Waals surface area contributed by atoms with Crippen molar-refractivity contribution < 1.29 is 18.3 Å². The van der Waals surface area contributed by atoms with Gasteiger partial charge in [-0.1, -0.05) is 6.92 Å². The van der Waals surface area contributed by atoms with Gasteiger partial charge in [0.1, 0.15) is 10.6 Å². The van der Waals surface area contributed by atoms with Crippen LogP contribution in [0.4, 0.5) is 0 Å². The van der Waals surface area contributed by atoms with E-state index >= 15 is 0 Å². The Morgan fingerprint density at radius 2 is 2.11 bits per heavy atom. The first kappa shape index (κ1) is 15.7. The number of nitrogens with zero attached hydrogens (tertiary/aromatic N) is 1. The van der Waals surface area contributed by atoms with Crippen molar-refractivity contribution in [1.82, 2.24) is 14.6 Å². The number of carbonyl (C=O) groups is 1. The second-order valence-electron chi connectivity index (χ2n) is 4.08. The summed E-state index contributed by atoms with van der Waals surface area (Å²) >= 11 is 0. The topological polar surface area (TPSA) is 100 Å². The molecule has 1 aromatic rings. The SMILES string of the molecule is CCNCCCNS(=O)(=O)c1cc(C(=O)O)n(C)c1. The van der Waals surface area contributed by atoms with Gasteiger partial charge in [-0.3, -0.25) is 0 Å². The maximum absolute atomic E-state index is 11.9. The van der Waals surface area contributed by atoms with E-state index in [9.17, 15) is 13.2 Å². The Bertz CT molecular complexity index is 536. The van der Waals surface area contributed by atoms with Crippen molar-refractivity contribution in [3.63, 3.8) is 0 Å². The highest BCUT2D eigenvalue weighted by atomic mass is 32.2. The lowest BCUT2D eigenvalue weighted by Crippen LogP contribution is -2.27. The lowest BCUT2D eigenvalue weighted by atomic mass is 10.4. The van der Waals surface area contributed by atoms with Crippen LogP contribution in [0.15, 0.2) is 17.2 Å². The van der Waals surface area contributed by atoms with Crippen LogP contribution < -0.4 is 10.0 Å². The molecule has 0 aliphatic carbocycles. The van der Waals surface area contributed by atoms with Gasteiger partial charge in [0.15, 0.2) is 0 Å². The molecule has 108 valence electrons. The molecule has 0 fully saturated rings. The van der Waals surface area contributed by atoms with Crippen LogP contribution in [0.5, 0.6) is 0 Å². The highest BCUT2D eigenvalue weighted by Crippen LogP contribution is 2.13. The van der Waals surface area contributed by atoms with Gasteiger partial charge in [0, 0.05) is 19.8 Å². The predicted molar refractivity (Wildman–Crippen MR) is 70.7 cm³/mol. The molecule has 0 aromatic carbocycles. The lowest BCUT2D eigenvalue weighted by molar-refractivity contribution is 0.0686. The summed E-state index contributed by atoms with van der Waals surface area (Å²) in [5.74, 6) is -1.16. The number of hydrogen-bond donors (Lipinski definition) is 3. The molecule has 0 atom stereocenters. The van der Waals surface area contributed by atoms with Gasteiger partial charge in [-0.05, 0) is 25.6 Å². The second kappa shape index (κ2) is 6.69. The average Bonchev–Trinajstić information content (AvgIpc) is 2.72. The normalized spacial score (nSPS) is 11.7. The van der Waals surface area contributed by atoms with Gasteiger partial charge in [0.25, 0.3) is 0 Å². The minimum atomic E-state index is -3.64. The third kappa shape index (κ3) is 4.34. The number of sulfonamides is 1. The summed E-state index contributed by atoms with van der Waals surface area (Å²) in [7, 11) is -2.15. The molecule has 0 radical (unpaired) electrons. The molecule has 0 aliphatic rings. The first-order valence-corrected chi connectivity index (χ1v) is 7.47. The number of aromatic carboxylic acids is 1. The van der Waals surface area contributed by atoms with Crippen LogP contribution >= 0.6 is 0 Å². The minimum Gasteiger partial charge on any atom is -0.477 e. The molecule has 3 N–H and O–H groups in total. The van der Waals surface area contributed by atoms with Crippen LogP contribution in [0.25, 0.3) is 0 Å². The fourth-order valence-electron chi connectivity index (χ4n) is 1.57. The van der Waals surface area contributed by atoms with E-state index in [0.717, 1.165) is 19.2 Å². The molecule has 0 aliphatic heterocycles. The van der Waals surface area contributed by atoms with Crippen LogP contribution in [-0.2, 0) is 17.1 Å². The van der Waals surface area contributed by atoms with Crippen LogP contribution in [0.3, 0.4) is 0 Å². The molecule has 0 saturated heterocycles. The molecule has 1 rings (SSSR count). The summed E-state index contributed by atoms with van der Waals surface area (Å²) < 4.78 is 27.5. The number of aromatic nitrogens is 1. The highest BCUT2D eigenvalue weighted by molar-refractivity contribution is 7.89. The molecular weight excluding hydrogens is 270 g/mol. The van der Waals surface area contributed by atoms with E-state index in [0.29, 0.717) is 13.0 Å². The third-order valence-electron chi connectivity index (χ3n) is 2.58. The smallest absolute Gasteiger partial charge is 0.352 e. The zero-order valence-electron chi connectivity index (χ0n) is 11.0. The number of hydrogen-bond acceptors (Lipinski definition) is 4. The first-order valence-electron chi connectivity index (χ1n) is 5.98. The summed E-state index contributed by atoms with van der Waals surface area (Å²) in [4.78, 5) is 10.8. The average molecular weight is 289 g/mol. The van der Waals surface area contributed by atoms with E-state index in [4.69, 9.17) is 5.11 Å². The Morgan fingerprint density at radius 3 is 2.63 bits per heavy atom. The first-order chi connectivity index (χ1) is 8.88. The lowest BCUT2D eigenvalue weighted by Gasteiger charge is -2.05. The highest BCUT2D eigenvalue weighted by Gasteiger charge is 2.19. The van der Waals surface area contributed by atoms with Crippen LogP contribution in [-0.4, -0.2) is 43.7 Å². The number of rotatable bonds is 8. The fraction of sp³-hybridized carbons (Fsp3) is 0.545. The van der Waals surface area contributed by atoms with Crippen LogP contribution in [0, 0.1) is 0 Å². The Balaban J connectivity index is 2.67. The second-order valence-corrected chi connectivity index (χ2v) is 5.85. The van der Waals surface area contributed by atoms with Crippen LogP contribution in [0.2, 0.25) is 0 Å². The molecule has 0 amide bonds. The van der Waals surface area contributed by atoms with Crippen molar-refractivity contribution >= 4 is 16.0 Å². The maximum Gasteiger partial charge on any atom is 0.352 e. The largest absolute Gasteiger partial charge is 0.477 e. The summed E-state index contributed by atoms with van der Waals surface area (Å²) in [6, 6.07) is 1.15. The summed E-state index contributed by atoms with van der Waals surface area (Å²) in [5.41, 5.74) is -0.0620. The molecule has 8 heteroatoms. The Morgan fingerprint density at radius 1 is 1.42 bits per heavy atom. The predicted octanol–water partition coefficient (Wildman–Crippen LogP) is 0.00120. The summed E-state index contributed by atoms with van der Waals surface area (Å²) in [5, 5.41) is 12.0. The standard InChI is InChI=1S/C11H19N3O4S/c1-3-12-5-4-6-13-19(17,18)9-7-10(11(15)16)14(2)8-9/h7-8,12-13H,3-6H2,1-2H3,(H,15,16). The van der Waals surface area contributed by atoms with Gasteiger partial charge < -0.3 is 15.0 Å². The van der Waals surface area contributed by atoms with E-state index in [1.165, 1.54) is 17.8 Å². The number of aryl methyl sites for hydroxylation is 1. The zero-order chi connectivity index (χ0) is 14.5. The zero-order valence-corrected chi connectivity index (χ0v) is 11.8. The number of carboxylic acids is 1. The van der Waals surface area contributed by atoms with Crippen molar-refractivity contribution in [2.75, 3.05) is 19.6 Å². The summed E-state index contributed by atoms with van der Waals surface area (Å²) in [6.07, 6.45) is 1.96. The monoisotopic (exact) mass is 289 g/mol. The molecule has 0 saturated carbocycles. The minimum absolute atomic E-state index is 0.0316. The van der Waals surface area contributed by atoms with E-state index in [2.05, 4.69) is 10.0 Å². The molecule has 0 unspecified atom stereocenters. The maximum atomic E-state index is 11.9. The quantitative estimate of drug-likeness (QED) is 0.585. The molecule has 0 spiro atoms. The Hall–Kier alpha value is -1.38. The number of nitrogens with one attached hydrogen (secondary N) is 2. The van der Waals surface area contributed by atoms with E-state index in [-0.39, 0.29) is 10.6 Å². The van der Waals surface area contributed by atoms with E-state index in [1.807, 2.05) is 6.92 Å². The Labute approximate surface area is 112 Å². The van der Waals surface area contributed by atoms with Crippen molar-refractivity contribution in [2.45, 2.75) is 18.2 Å². The molecular formula is C11H19N3O4S. The van der Waals surface area contributed by atoms with Gasteiger partial charge in [0.05, 0.1) is 0 Å². The third-order valence-corrected chi connectivity index (χ3v) is 4.01.